The Kier molecular flexibility index (Phi) is 6.83. The van der Waals surface area contributed by atoms with Gasteiger partial charge in [0.2, 0.25) is 0 Å². The Balaban J connectivity index is 1.81. The number of hydrogen-bond donors (Lipinski definition) is 2. The first kappa shape index (κ1) is 25.0. The Hall–Kier alpha value is -4.14. The van der Waals surface area contributed by atoms with Gasteiger partial charge in [-0.15, -0.1) is 0 Å². The van der Waals surface area contributed by atoms with Crippen molar-refractivity contribution in [2.24, 2.45) is 0 Å². The molecule has 2 heterocycles. The molecular weight excluding hydrogens is 458 g/mol. The van der Waals surface area contributed by atoms with E-state index in [1.807, 2.05) is 48.5 Å². The van der Waals surface area contributed by atoms with Gasteiger partial charge >= 0.3 is 6.09 Å². The fraction of sp³-hybridized carbons (Fsp3) is 0.333. The number of aromatic nitrogens is 3. The zero-order chi connectivity index (χ0) is 26.0. The number of ether oxygens (including phenoxy) is 1. The number of rotatable bonds is 6. The van der Waals surface area contributed by atoms with Gasteiger partial charge < -0.3 is 10.1 Å². The van der Waals surface area contributed by atoms with Crippen LogP contribution >= 0.6 is 0 Å². The maximum atomic E-state index is 14.0. The molecular formula is C27H31N5O4. The number of carbonyl (C=O) groups is 2. The molecule has 36 heavy (non-hydrogen) atoms. The summed E-state index contributed by atoms with van der Waals surface area (Å²) in [5.74, 6) is -0.431. The first-order chi connectivity index (χ1) is 17.1. The smallest absolute Gasteiger partial charge is 0.408 e. The molecule has 2 aromatic heterocycles. The van der Waals surface area contributed by atoms with Gasteiger partial charge in [-0.05, 0) is 46.2 Å². The second-order valence-electron chi connectivity index (χ2n) is 9.65. The molecule has 2 N–H and O–H groups in total. The van der Waals surface area contributed by atoms with Crippen molar-refractivity contribution >= 4 is 33.8 Å². The van der Waals surface area contributed by atoms with Gasteiger partial charge in [-0.3, -0.25) is 14.7 Å². The predicted molar refractivity (Wildman–Crippen MR) is 140 cm³/mol. The number of para-hydroxylation sites is 1. The Morgan fingerprint density at radius 2 is 1.78 bits per heavy atom. The third-order valence-electron chi connectivity index (χ3n) is 5.81. The molecule has 9 nitrogen and oxygen atoms in total. The van der Waals surface area contributed by atoms with Crippen LogP contribution < -0.4 is 15.9 Å². The van der Waals surface area contributed by atoms with E-state index in [9.17, 15) is 14.4 Å². The van der Waals surface area contributed by atoms with E-state index >= 15 is 0 Å². The van der Waals surface area contributed by atoms with Crippen molar-refractivity contribution in [3.05, 3.63) is 76.2 Å². The summed E-state index contributed by atoms with van der Waals surface area (Å²) in [5, 5.41) is 12.5. The van der Waals surface area contributed by atoms with E-state index < -0.39 is 23.6 Å². The molecule has 0 fully saturated rings. The topological polar surface area (TPSA) is 109 Å². The molecule has 1 atom stereocenters. The molecule has 0 radical (unpaired) electrons. The number of aryl methyl sites for hydroxylation is 1. The van der Waals surface area contributed by atoms with Gasteiger partial charge in [-0.1, -0.05) is 48.5 Å². The SMILES string of the molecule is CCN(C(=O)C(Cc1ccccc1)NC(=O)OC(C)(C)C)n1c(=O)c2c(C)[nH]nc2c2ccccc21. The van der Waals surface area contributed by atoms with Crippen molar-refractivity contribution in [2.75, 3.05) is 11.6 Å². The highest BCUT2D eigenvalue weighted by atomic mass is 16.6. The molecule has 2 aromatic carbocycles. The molecule has 0 saturated heterocycles. The van der Waals surface area contributed by atoms with Crippen LogP contribution in [0.5, 0.6) is 0 Å². The number of amides is 2. The van der Waals surface area contributed by atoms with Gasteiger partial charge in [0.05, 0.1) is 10.9 Å². The minimum atomic E-state index is -0.964. The van der Waals surface area contributed by atoms with E-state index in [4.69, 9.17) is 4.74 Å². The molecule has 0 spiro atoms. The molecule has 0 aliphatic carbocycles. The Morgan fingerprint density at radius 3 is 2.44 bits per heavy atom. The number of fused-ring (bicyclic) bond motifs is 3. The van der Waals surface area contributed by atoms with Gasteiger partial charge in [0.1, 0.15) is 17.2 Å². The summed E-state index contributed by atoms with van der Waals surface area (Å²) < 4.78 is 6.82. The van der Waals surface area contributed by atoms with Crippen LogP contribution in [0.15, 0.2) is 59.4 Å². The monoisotopic (exact) mass is 489 g/mol. The van der Waals surface area contributed by atoms with Crippen LogP contribution in [-0.4, -0.2) is 45.1 Å². The van der Waals surface area contributed by atoms with Crippen molar-refractivity contribution in [1.82, 2.24) is 20.2 Å². The highest BCUT2D eigenvalue weighted by Crippen LogP contribution is 2.23. The van der Waals surface area contributed by atoms with Crippen molar-refractivity contribution < 1.29 is 14.3 Å². The molecule has 1 unspecified atom stereocenters. The molecule has 0 saturated carbocycles. The summed E-state index contributed by atoms with van der Waals surface area (Å²) in [6.07, 6.45) is -0.471. The summed E-state index contributed by atoms with van der Waals surface area (Å²) in [5.41, 5.74) is 1.49. The lowest BCUT2D eigenvalue weighted by atomic mass is 10.1. The maximum absolute atomic E-state index is 14.0. The third kappa shape index (κ3) is 4.95. The summed E-state index contributed by atoms with van der Waals surface area (Å²) in [7, 11) is 0. The fourth-order valence-corrected chi connectivity index (χ4v) is 4.27. The lowest BCUT2D eigenvalue weighted by Gasteiger charge is -2.30. The molecule has 2 amide bonds. The van der Waals surface area contributed by atoms with E-state index in [0.717, 1.165) is 10.9 Å². The number of aromatic amines is 1. The Morgan fingerprint density at radius 1 is 1.11 bits per heavy atom. The zero-order valence-corrected chi connectivity index (χ0v) is 21.2. The van der Waals surface area contributed by atoms with E-state index in [1.54, 1.807) is 40.7 Å². The average Bonchev–Trinajstić information content (AvgIpc) is 3.22. The lowest BCUT2D eigenvalue weighted by Crippen LogP contribution is -2.56. The maximum Gasteiger partial charge on any atom is 0.408 e. The van der Waals surface area contributed by atoms with Gasteiger partial charge in [-0.2, -0.15) is 5.10 Å². The van der Waals surface area contributed by atoms with Crippen LogP contribution in [0.2, 0.25) is 0 Å². The highest BCUT2D eigenvalue weighted by molar-refractivity contribution is 6.05. The van der Waals surface area contributed by atoms with Crippen molar-refractivity contribution in [3.8, 4) is 0 Å². The Bertz CT molecular complexity index is 1470. The van der Waals surface area contributed by atoms with Crippen molar-refractivity contribution in [2.45, 2.75) is 52.7 Å². The summed E-state index contributed by atoms with van der Waals surface area (Å²) >= 11 is 0. The summed E-state index contributed by atoms with van der Waals surface area (Å²) in [6.45, 7) is 9.04. The predicted octanol–water partition coefficient (Wildman–Crippen LogP) is 3.81. The number of likely N-dealkylation sites (N-methyl/N-ethyl adjacent to an activating group) is 1. The number of pyridine rings is 1. The van der Waals surface area contributed by atoms with Crippen molar-refractivity contribution in [1.29, 1.82) is 0 Å². The molecule has 0 aliphatic heterocycles. The number of benzene rings is 2. The van der Waals surface area contributed by atoms with E-state index in [2.05, 4.69) is 15.5 Å². The van der Waals surface area contributed by atoms with E-state index in [1.165, 1.54) is 9.69 Å². The molecule has 9 heteroatoms. The molecule has 4 aromatic rings. The van der Waals surface area contributed by atoms with Crippen LogP contribution in [0.1, 0.15) is 39.0 Å². The first-order valence-electron chi connectivity index (χ1n) is 11.9. The molecule has 0 bridgehead atoms. The highest BCUT2D eigenvalue weighted by Gasteiger charge is 2.30. The van der Waals surface area contributed by atoms with E-state index in [0.29, 0.717) is 22.1 Å². The Labute approximate surface area is 209 Å². The van der Waals surface area contributed by atoms with Gasteiger partial charge in [-0.25, -0.2) is 14.5 Å². The molecule has 4 rings (SSSR count). The van der Waals surface area contributed by atoms with Crippen LogP contribution in [0.3, 0.4) is 0 Å². The minimum absolute atomic E-state index is 0.201. The zero-order valence-electron chi connectivity index (χ0n) is 21.2. The van der Waals surface area contributed by atoms with Crippen molar-refractivity contribution in [3.63, 3.8) is 0 Å². The summed E-state index contributed by atoms with van der Waals surface area (Å²) in [4.78, 5) is 40.4. The first-order valence-corrected chi connectivity index (χ1v) is 11.9. The number of nitrogens with one attached hydrogen (secondary N) is 2. The van der Waals surface area contributed by atoms with E-state index in [-0.39, 0.29) is 18.5 Å². The second-order valence-corrected chi connectivity index (χ2v) is 9.65. The number of alkyl carbamates (subject to hydrolysis) is 1. The largest absolute Gasteiger partial charge is 0.444 e. The molecule has 188 valence electrons. The standard InChI is InChI=1S/C27H31N5O4/c1-6-31(32-21-15-11-10-14-19(21)23-22(25(32)34)17(2)29-30-23)24(33)20(16-18-12-8-7-9-13-18)28-26(35)36-27(3,4)5/h7-15,20H,6,16H2,1-5H3,(H,28,35)(H,29,30). The number of carbonyl (C=O) groups excluding carboxylic acids is 2. The van der Waals surface area contributed by atoms with Crippen LogP contribution in [0.4, 0.5) is 4.79 Å². The number of hydrogen-bond acceptors (Lipinski definition) is 5. The van der Waals surface area contributed by atoms with Gasteiger partial charge in [0.25, 0.3) is 11.5 Å². The fourth-order valence-electron chi connectivity index (χ4n) is 4.27. The second kappa shape index (κ2) is 9.85. The van der Waals surface area contributed by atoms with Gasteiger partial charge in [0.15, 0.2) is 0 Å². The third-order valence-corrected chi connectivity index (χ3v) is 5.81. The normalized spacial score (nSPS) is 12.5. The molecule has 0 aliphatic rings. The quantitative estimate of drug-likeness (QED) is 0.428. The number of H-pyrrole nitrogens is 1. The average molecular weight is 490 g/mol. The lowest BCUT2D eigenvalue weighted by molar-refractivity contribution is -0.122. The number of nitrogens with zero attached hydrogens (tertiary/aromatic N) is 3. The van der Waals surface area contributed by atoms with Gasteiger partial charge in [0, 0.05) is 24.0 Å². The summed E-state index contributed by atoms with van der Waals surface area (Å²) in [6, 6.07) is 15.7. The van der Waals surface area contributed by atoms with Crippen LogP contribution in [0.25, 0.3) is 21.8 Å². The minimum Gasteiger partial charge on any atom is -0.444 e. The van der Waals surface area contributed by atoms with Crippen LogP contribution in [0, 0.1) is 6.92 Å². The van der Waals surface area contributed by atoms with Crippen LogP contribution in [-0.2, 0) is 16.0 Å².